The zero-order valence-electron chi connectivity index (χ0n) is 14.5. The molecule has 0 saturated heterocycles. The molecule has 0 atom stereocenters. The molecule has 0 aliphatic carbocycles. The van der Waals surface area contributed by atoms with E-state index in [1.807, 2.05) is 26.2 Å². The van der Waals surface area contributed by atoms with Crippen molar-refractivity contribution in [3.05, 3.63) is 17.7 Å². The van der Waals surface area contributed by atoms with Gasteiger partial charge in [-0.1, -0.05) is 6.07 Å². The maximum Gasteiger partial charge on any atom is 0.222 e. The van der Waals surface area contributed by atoms with Crippen molar-refractivity contribution < 1.29 is 19.0 Å². The Morgan fingerprint density at radius 3 is 2.30 bits per heavy atom. The Balaban J connectivity index is 0.00000484. The number of hydrogen-bond donors (Lipinski definition) is 1. The van der Waals surface area contributed by atoms with Crippen molar-refractivity contribution in [1.82, 2.24) is 10.2 Å². The second-order valence-corrected chi connectivity index (χ2v) is 4.91. The SMILES string of the molecule is CNCCN(C)C(=O)CCc1ccc(OC)c(OC)c1OC.Cl. The molecule has 0 aliphatic rings. The van der Waals surface area contributed by atoms with E-state index in [0.717, 1.165) is 12.1 Å². The number of ether oxygens (including phenoxy) is 3. The molecule has 0 saturated carbocycles. The van der Waals surface area contributed by atoms with Gasteiger partial charge in [0.2, 0.25) is 11.7 Å². The van der Waals surface area contributed by atoms with Crippen LogP contribution in [0, 0.1) is 0 Å². The van der Waals surface area contributed by atoms with Crippen molar-refractivity contribution in [3.63, 3.8) is 0 Å². The topological polar surface area (TPSA) is 60.0 Å². The Bertz CT molecular complexity index is 497. The highest BCUT2D eigenvalue weighted by Gasteiger charge is 2.17. The van der Waals surface area contributed by atoms with Crippen LogP contribution >= 0.6 is 12.4 Å². The molecule has 1 N–H and O–H groups in total. The first kappa shape index (κ1) is 21.3. The average Bonchev–Trinajstić information content (AvgIpc) is 2.55. The van der Waals surface area contributed by atoms with E-state index in [9.17, 15) is 4.79 Å². The quantitative estimate of drug-likeness (QED) is 0.738. The van der Waals surface area contributed by atoms with E-state index < -0.39 is 0 Å². The first-order valence-electron chi connectivity index (χ1n) is 7.25. The molecule has 7 heteroatoms. The number of halogens is 1. The lowest BCUT2D eigenvalue weighted by Crippen LogP contribution is -2.32. The van der Waals surface area contributed by atoms with Gasteiger partial charge >= 0.3 is 0 Å². The van der Waals surface area contributed by atoms with Crippen LogP contribution < -0.4 is 19.5 Å². The third kappa shape index (κ3) is 5.80. The lowest BCUT2D eigenvalue weighted by Gasteiger charge is -2.18. The largest absolute Gasteiger partial charge is 0.493 e. The van der Waals surface area contributed by atoms with E-state index in [-0.39, 0.29) is 18.3 Å². The first-order valence-corrected chi connectivity index (χ1v) is 7.25. The molecule has 6 nitrogen and oxygen atoms in total. The fourth-order valence-electron chi connectivity index (χ4n) is 2.20. The monoisotopic (exact) mass is 346 g/mol. The minimum absolute atomic E-state index is 0. The van der Waals surface area contributed by atoms with Crippen molar-refractivity contribution in [3.8, 4) is 17.2 Å². The normalized spacial score (nSPS) is 9.78. The molecule has 132 valence electrons. The van der Waals surface area contributed by atoms with Crippen LogP contribution in [-0.4, -0.2) is 59.3 Å². The van der Waals surface area contributed by atoms with E-state index >= 15 is 0 Å². The Morgan fingerprint density at radius 1 is 1.13 bits per heavy atom. The van der Waals surface area contributed by atoms with Crippen LogP contribution in [0.15, 0.2) is 12.1 Å². The number of hydrogen-bond acceptors (Lipinski definition) is 5. The second-order valence-electron chi connectivity index (χ2n) is 4.91. The Morgan fingerprint density at radius 2 is 1.78 bits per heavy atom. The Hall–Kier alpha value is -1.66. The molecule has 0 radical (unpaired) electrons. The molecule has 0 fully saturated rings. The smallest absolute Gasteiger partial charge is 0.222 e. The number of likely N-dealkylation sites (N-methyl/N-ethyl adjacent to an activating group) is 2. The van der Waals surface area contributed by atoms with Gasteiger partial charge < -0.3 is 24.4 Å². The molecule has 0 aromatic heterocycles. The summed E-state index contributed by atoms with van der Waals surface area (Å²) in [5.41, 5.74) is 0.926. The number of carbonyl (C=O) groups excluding carboxylic acids is 1. The van der Waals surface area contributed by atoms with Crippen LogP contribution in [0.5, 0.6) is 17.2 Å². The lowest BCUT2D eigenvalue weighted by atomic mass is 10.1. The summed E-state index contributed by atoms with van der Waals surface area (Å²) in [6.07, 6.45) is 1.01. The molecule has 0 heterocycles. The summed E-state index contributed by atoms with van der Waals surface area (Å²) in [7, 11) is 8.41. The number of aryl methyl sites for hydroxylation is 1. The van der Waals surface area contributed by atoms with Gasteiger partial charge in [-0.05, 0) is 25.1 Å². The van der Waals surface area contributed by atoms with E-state index in [4.69, 9.17) is 14.2 Å². The van der Waals surface area contributed by atoms with Gasteiger partial charge in [-0.25, -0.2) is 0 Å². The predicted molar refractivity (Wildman–Crippen MR) is 93.2 cm³/mol. The predicted octanol–water partition coefficient (Wildman–Crippen LogP) is 1.74. The van der Waals surface area contributed by atoms with Crippen LogP contribution in [0.4, 0.5) is 0 Å². The molecule has 1 rings (SSSR count). The molecule has 0 bridgehead atoms. The number of nitrogens with zero attached hydrogens (tertiary/aromatic N) is 1. The van der Waals surface area contributed by atoms with Crippen LogP contribution in [0.3, 0.4) is 0 Å². The van der Waals surface area contributed by atoms with Crippen LogP contribution in [0.1, 0.15) is 12.0 Å². The van der Waals surface area contributed by atoms with Gasteiger partial charge in [-0.2, -0.15) is 0 Å². The molecule has 0 spiro atoms. The van der Waals surface area contributed by atoms with Gasteiger partial charge in [0, 0.05) is 26.6 Å². The molecule has 1 aromatic rings. The van der Waals surface area contributed by atoms with Crippen molar-refractivity contribution in [2.24, 2.45) is 0 Å². The molecule has 23 heavy (non-hydrogen) atoms. The molecule has 0 unspecified atom stereocenters. The van der Waals surface area contributed by atoms with Crippen molar-refractivity contribution in [1.29, 1.82) is 0 Å². The van der Waals surface area contributed by atoms with E-state index in [2.05, 4.69) is 5.32 Å². The number of nitrogens with one attached hydrogen (secondary N) is 1. The first-order chi connectivity index (χ1) is 10.6. The third-order valence-electron chi connectivity index (χ3n) is 3.52. The standard InChI is InChI=1S/C16H26N2O4.ClH/c1-17-10-11-18(2)14(19)9-7-12-6-8-13(20-3)16(22-5)15(12)21-4;/h6,8,17H,7,9-11H2,1-5H3;1H. The van der Waals surface area contributed by atoms with Gasteiger partial charge in [0.1, 0.15) is 0 Å². The number of carbonyl (C=O) groups is 1. The zero-order chi connectivity index (χ0) is 16.5. The summed E-state index contributed by atoms with van der Waals surface area (Å²) in [5.74, 6) is 1.89. The van der Waals surface area contributed by atoms with Crippen molar-refractivity contribution in [2.45, 2.75) is 12.8 Å². The fraction of sp³-hybridized carbons (Fsp3) is 0.562. The van der Waals surface area contributed by atoms with E-state index in [1.165, 1.54) is 0 Å². The highest BCUT2D eigenvalue weighted by molar-refractivity contribution is 5.85. The summed E-state index contributed by atoms with van der Waals surface area (Å²) in [6.45, 7) is 1.47. The van der Waals surface area contributed by atoms with Gasteiger partial charge in [-0.15, -0.1) is 12.4 Å². The van der Waals surface area contributed by atoms with E-state index in [1.54, 1.807) is 26.2 Å². The number of rotatable bonds is 9. The maximum atomic E-state index is 12.1. The average molecular weight is 347 g/mol. The number of amides is 1. The summed E-state index contributed by atoms with van der Waals surface area (Å²) < 4.78 is 16.0. The molecular formula is C16H27ClN2O4. The van der Waals surface area contributed by atoms with Gasteiger partial charge in [0.05, 0.1) is 21.3 Å². The van der Waals surface area contributed by atoms with Crippen LogP contribution in [0.2, 0.25) is 0 Å². The highest BCUT2D eigenvalue weighted by Crippen LogP contribution is 2.40. The molecule has 1 amide bonds. The maximum absolute atomic E-state index is 12.1. The van der Waals surface area contributed by atoms with Crippen LogP contribution in [-0.2, 0) is 11.2 Å². The van der Waals surface area contributed by atoms with Crippen molar-refractivity contribution >= 4 is 18.3 Å². The van der Waals surface area contributed by atoms with Gasteiger partial charge in [0.25, 0.3) is 0 Å². The zero-order valence-corrected chi connectivity index (χ0v) is 15.3. The van der Waals surface area contributed by atoms with Crippen molar-refractivity contribution in [2.75, 3.05) is 48.5 Å². The lowest BCUT2D eigenvalue weighted by molar-refractivity contribution is -0.129. The number of methoxy groups -OCH3 is 3. The molecule has 0 aliphatic heterocycles. The van der Waals surface area contributed by atoms with E-state index in [0.29, 0.717) is 36.6 Å². The minimum atomic E-state index is 0. The highest BCUT2D eigenvalue weighted by atomic mass is 35.5. The fourth-order valence-corrected chi connectivity index (χ4v) is 2.20. The Labute approximate surface area is 144 Å². The second kappa shape index (κ2) is 11.0. The number of benzene rings is 1. The van der Waals surface area contributed by atoms with Gasteiger partial charge in [0.15, 0.2) is 11.5 Å². The summed E-state index contributed by atoms with van der Waals surface area (Å²) in [6, 6.07) is 3.73. The summed E-state index contributed by atoms with van der Waals surface area (Å²) in [5, 5.41) is 3.03. The third-order valence-corrected chi connectivity index (χ3v) is 3.52. The Kier molecular flexibility index (Phi) is 10.2. The summed E-state index contributed by atoms with van der Waals surface area (Å²) in [4.78, 5) is 13.8. The van der Waals surface area contributed by atoms with Crippen LogP contribution in [0.25, 0.3) is 0 Å². The molecular weight excluding hydrogens is 320 g/mol. The minimum Gasteiger partial charge on any atom is -0.493 e. The summed E-state index contributed by atoms with van der Waals surface area (Å²) >= 11 is 0. The molecule has 1 aromatic carbocycles. The van der Waals surface area contributed by atoms with Gasteiger partial charge in [-0.3, -0.25) is 4.79 Å².